The van der Waals surface area contributed by atoms with Crippen molar-refractivity contribution in [3.63, 3.8) is 0 Å². The van der Waals surface area contributed by atoms with E-state index in [2.05, 4.69) is 24.5 Å². The summed E-state index contributed by atoms with van der Waals surface area (Å²) in [6, 6.07) is 2.55. The van der Waals surface area contributed by atoms with Gasteiger partial charge in [-0.05, 0) is 42.7 Å². The first-order chi connectivity index (χ1) is 14.4. The Labute approximate surface area is 180 Å². The van der Waals surface area contributed by atoms with E-state index in [-0.39, 0.29) is 17.0 Å². The summed E-state index contributed by atoms with van der Waals surface area (Å²) in [6.45, 7) is 4.84. The van der Waals surface area contributed by atoms with Crippen molar-refractivity contribution in [1.29, 1.82) is 0 Å². The van der Waals surface area contributed by atoms with Crippen molar-refractivity contribution in [3.05, 3.63) is 24.0 Å². The van der Waals surface area contributed by atoms with Crippen LogP contribution in [0, 0.1) is 11.3 Å². The highest BCUT2D eigenvalue weighted by Gasteiger charge is 2.56. The predicted molar refractivity (Wildman–Crippen MR) is 109 cm³/mol. The van der Waals surface area contributed by atoms with Gasteiger partial charge >= 0.3 is 12.0 Å². The molecule has 2 unspecified atom stereocenters. The summed E-state index contributed by atoms with van der Waals surface area (Å²) in [7, 11) is 1.65. The van der Waals surface area contributed by atoms with Crippen LogP contribution in [0.4, 0.5) is 4.79 Å². The van der Waals surface area contributed by atoms with E-state index in [1.54, 1.807) is 19.3 Å². The molecule has 2 N–H and O–H groups in total. The van der Waals surface area contributed by atoms with Gasteiger partial charge in [0, 0.05) is 13.2 Å². The molecule has 3 rings (SSSR count). The number of hydrogen-bond acceptors (Lipinski definition) is 6. The second-order valence-electron chi connectivity index (χ2n) is 9.30. The Morgan fingerprint density at radius 2 is 1.97 bits per heavy atom. The molecule has 0 radical (unpaired) electrons. The largest absolute Gasteiger partial charge is 0.454 e. The fraction of sp³-hybridized carbons (Fsp3) is 0.571. The van der Waals surface area contributed by atoms with Crippen LogP contribution in [0.3, 0.4) is 0 Å². The lowest BCUT2D eigenvalue weighted by Crippen LogP contribution is -2.54. The van der Waals surface area contributed by atoms with Crippen LogP contribution in [-0.2, 0) is 26.2 Å². The van der Waals surface area contributed by atoms with Gasteiger partial charge in [0.05, 0.1) is 0 Å². The minimum absolute atomic E-state index is 0.125. The number of urea groups is 1. The van der Waals surface area contributed by atoms with E-state index in [9.17, 15) is 24.0 Å². The SMILES string of the molecule is CC1CC(C)(C)CC2(C1)NC(=O)N(CC(=O)OCC(=O)NC(=O)c1cccn1C)C2=O. The van der Waals surface area contributed by atoms with Crippen LogP contribution in [-0.4, -0.2) is 57.9 Å². The van der Waals surface area contributed by atoms with Crippen LogP contribution in [0.2, 0.25) is 0 Å². The topological polar surface area (TPSA) is 127 Å². The van der Waals surface area contributed by atoms with Crippen LogP contribution in [0.1, 0.15) is 50.5 Å². The minimum atomic E-state index is -1.02. The lowest BCUT2D eigenvalue weighted by atomic mass is 9.64. The molecule has 1 saturated carbocycles. The monoisotopic (exact) mass is 432 g/mol. The summed E-state index contributed by atoms with van der Waals surface area (Å²) < 4.78 is 6.40. The minimum Gasteiger partial charge on any atom is -0.454 e. The van der Waals surface area contributed by atoms with Gasteiger partial charge < -0.3 is 14.6 Å². The third-order valence-corrected chi connectivity index (χ3v) is 5.71. The molecule has 10 heteroatoms. The van der Waals surface area contributed by atoms with E-state index in [1.165, 1.54) is 10.6 Å². The zero-order chi connectivity index (χ0) is 23.0. The number of nitrogens with one attached hydrogen (secondary N) is 2. The normalized spacial score (nSPS) is 24.8. The van der Waals surface area contributed by atoms with Crippen molar-refractivity contribution in [3.8, 4) is 0 Å². The second kappa shape index (κ2) is 8.16. The quantitative estimate of drug-likeness (QED) is 0.527. The summed E-state index contributed by atoms with van der Waals surface area (Å²) in [5.41, 5.74) is -0.869. The van der Waals surface area contributed by atoms with Gasteiger partial charge in [-0.3, -0.25) is 29.4 Å². The molecule has 2 aliphatic rings. The molecule has 1 spiro atoms. The number of rotatable bonds is 5. The molecule has 168 valence electrons. The van der Waals surface area contributed by atoms with Gasteiger partial charge in [0.25, 0.3) is 17.7 Å². The van der Waals surface area contributed by atoms with E-state index >= 15 is 0 Å². The maximum Gasteiger partial charge on any atom is 0.326 e. The van der Waals surface area contributed by atoms with E-state index in [0.29, 0.717) is 12.8 Å². The fourth-order valence-electron chi connectivity index (χ4n) is 4.89. The molecule has 31 heavy (non-hydrogen) atoms. The van der Waals surface area contributed by atoms with Crippen molar-refractivity contribution in [1.82, 2.24) is 20.1 Å². The predicted octanol–water partition coefficient (Wildman–Crippen LogP) is 0.961. The Hall–Kier alpha value is -3.17. The number of esters is 1. The molecule has 2 fully saturated rings. The first-order valence-corrected chi connectivity index (χ1v) is 10.2. The highest BCUT2D eigenvalue weighted by molar-refractivity contribution is 6.09. The van der Waals surface area contributed by atoms with Gasteiger partial charge in [-0.15, -0.1) is 0 Å². The van der Waals surface area contributed by atoms with Gasteiger partial charge in [-0.2, -0.15) is 0 Å². The van der Waals surface area contributed by atoms with Gasteiger partial charge in [0.1, 0.15) is 17.8 Å². The van der Waals surface area contributed by atoms with E-state index in [0.717, 1.165) is 11.3 Å². The number of imide groups is 2. The highest BCUT2D eigenvalue weighted by Crippen LogP contribution is 2.46. The number of carbonyl (C=O) groups is 5. The molecule has 1 aliphatic carbocycles. The van der Waals surface area contributed by atoms with Crippen LogP contribution in [0.25, 0.3) is 0 Å². The summed E-state index contributed by atoms with van der Waals surface area (Å²) in [5.74, 6) is -2.55. The first-order valence-electron chi connectivity index (χ1n) is 10.2. The average Bonchev–Trinajstić information content (AvgIpc) is 3.15. The van der Waals surface area contributed by atoms with Gasteiger partial charge in [-0.25, -0.2) is 4.79 Å². The van der Waals surface area contributed by atoms with Crippen LogP contribution in [0.5, 0.6) is 0 Å². The number of amides is 5. The molecule has 1 aliphatic heterocycles. The molecule has 0 bridgehead atoms. The smallest absolute Gasteiger partial charge is 0.326 e. The van der Waals surface area contributed by atoms with Gasteiger partial charge in [0.15, 0.2) is 6.61 Å². The lowest BCUT2D eigenvalue weighted by molar-refractivity contribution is -0.151. The molecule has 5 amide bonds. The molecule has 1 aromatic rings. The third kappa shape index (κ3) is 4.78. The fourth-order valence-corrected chi connectivity index (χ4v) is 4.89. The van der Waals surface area contributed by atoms with Gasteiger partial charge in [0.2, 0.25) is 0 Å². The van der Waals surface area contributed by atoms with Crippen molar-refractivity contribution < 1.29 is 28.7 Å². The Morgan fingerprint density at radius 1 is 1.26 bits per heavy atom. The number of hydrogen-bond donors (Lipinski definition) is 2. The lowest BCUT2D eigenvalue weighted by Gasteiger charge is -2.43. The van der Waals surface area contributed by atoms with Crippen molar-refractivity contribution in [2.24, 2.45) is 18.4 Å². The first kappa shape index (κ1) is 22.5. The second-order valence-corrected chi connectivity index (χ2v) is 9.30. The Balaban J connectivity index is 1.54. The zero-order valence-corrected chi connectivity index (χ0v) is 18.2. The number of aryl methyl sites for hydroxylation is 1. The van der Waals surface area contributed by atoms with E-state index in [1.807, 2.05) is 6.92 Å². The summed E-state index contributed by atoms with van der Waals surface area (Å²) in [5, 5.41) is 4.89. The Bertz CT molecular complexity index is 936. The van der Waals surface area contributed by atoms with Crippen LogP contribution < -0.4 is 10.6 Å². The third-order valence-electron chi connectivity index (χ3n) is 5.71. The molecule has 1 aromatic heterocycles. The summed E-state index contributed by atoms with van der Waals surface area (Å²) in [4.78, 5) is 62.3. The number of aromatic nitrogens is 1. The van der Waals surface area contributed by atoms with Crippen molar-refractivity contribution in [2.75, 3.05) is 13.2 Å². The molecular formula is C21H28N4O6. The Kier molecular flexibility index (Phi) is 5.93. The maximum absolute atomic E-state index is 13.0. The maximum atomic E-state index is 13.0. The number of ether oxygens (including phenoxy) is 1. The molecule has 1 saturated heterocycles. The average molecular weight is 432 g/mol. The van der Waals surface area contributed by atoms with Gasteiger partial charge in [-0.1, -0.05) is 20.8 Å². The number of nitrogens with zero attached hydrogens (tertiary/aromatic N) is 2. The van der Waals surface area contributed by atoms with E-state index in [4.69, 9.17) is 4.74 Å². The molecule has 2 heterocycles. The summed E-state index contributed by atoms with van der Waals surface area (Å²) >= 11 is 0. The summed E-state index contributed by atoms with van der Waals surface area (Å²) in [6.07, 6.45) is 3.59. The standard InChI is InChI=1S/C21H28N4O6/c1-13-8-20(2,3)12-21(9-13)18(29)25(19(30)23-21)10-16(27)31-11-15(26)22-17(28)14-6-5-7-24(14)4/h5-7,13H,8-12H2,1-4H3,(H,23,30)(H,22,26,28). The zero-order valence-electron chi connectivity index (χ0n) is 18.2. The number of carbonyl (C=O) groups excluding carboxylic acids is 5. The van der Waals surface area contributed by atoms with Crippen LogP contribution >= 0.6 is 0 Å². The molecule has 0 aromatic carbocycles. The van der Waals surface area contributed by atoms with Crippen molar-refractivity contribution >= 4 is 29.7 Å². The highest BCUT2D eigenvalue weighted by atomic mass is 16.5. The van der Waals surface area contributed by atoms with Crippen LogP contribution in [0.15, 0.2) is 18.3 Å². The Morgan fingerprint density at radius 3 is 2.58 bits per heavy atom. The van der Waals surface area contributed by atoms with E-state index < -0.39 is 48.4 Å². The molecule has 10 nitrogen and oxygen atoms in total. The molecular weight excluding hydrogens is 404 g/mol. The van der Waals surface area contributed by atoms with Crippen molar-refractivity contribution in [2.45, 2.75) is 45.6 Å². The molecule has 2 atom stereocenters.